The summed E-state index contributed by atoms with van der Waals surface area (Å²) in [7, 11) is 0. The fourth-order valence-corrected chi connectivity index (χ4v) is 2.32. The number of hydrogen-bond acceptors (Lipinski definition) is 4. The van der Waals surface area contributed by atoms with Crippen LogP contribution in [0, 0.1) is 5.82 Å². The van der Waals surface area contributed by atoms with Crippen LogP contribution in [0.1, 0.15) is 5.56 Å². The lowest BCUT2D eigenvalue weighted by Gasteiger charge is -2.00. The number of fused-ring (bicyclic) bond motifs is 1. The standard InChI is InChI=1S/C12H9FN4OS/c13-8-1-2-10-9(4-8)7(5-14-10)3-11(18)16-12-17-15-6-19-12/h1-2,4-6,14H,3H2,(H,16,17,18). The van der Waals surface area contributed by atoms with Crippen LogP contribution in [0.5, 0.6) is 0 Å². The molecule has 0 atom stereocenters. The van der Waals surface area contributed by atoms with Crippen molar-refractivity contribution < 1.29 is 9.18 Å². The maximum atomic E-state index is 13.2. The van der Waals surface area contributed by atoms with Gasteiger partial charge in [0.15, 0.2) is 0 Å². The Bertz CT molecular complexity index is 722. The second-order valence-electron chi connectivity index (χ2n) is 3.97. The molecule has 19 heavy (non-hydrogen) atoms. The van der Waals surface area contributed by atoms with E-state index in [2.05, 4.69) is 20.5 Å². The number of aromatic nitrogens is 3. The number of nitrogens with zero attached hydrogens (tertiary/aromatic N) is 2. The SMILES string of the molecule is O=C(Cc1c[nH]c2ccc(F)cc12)Nc1nncs1. The zero-order chi connectivity index (χ0) is 13.2. The summed E-state index contributed by atoms with van der Waals surface area (Å²) in [5.41, 5.74) is 3.09. The van der Waals surface area contributed by atoms with Gasteiger partial charge in [-0.2, -0.15) is 0 Å². The number of benzene rings is 1. The molecular formula is C12H9FN4OS. The van der Waals surface area contributed by atoms with E-state index in [1.54, 1.807) is 12.3 Å². The Labute approximate surface area is 111 Å². The highest BCUT2D eigenvalue weighted by Gasteiger charge is 2.10. The second kappa shape index (κ2) is 4.77. The smallest absolute Gasteiger partial charge is 0.230 e. The van der Waals surface area contributed by atoms with Gasteiger partial charge in [0.25, 0.3) is 0 Å². The van der Waals surface area contributed by atoms with E-state index in [4.69, 9.17) is 0 Å². The average molecular weight is 276 g/mol. The number of nitrogens with one attached hydrogen (secondary N) is 2. The molecule has 0 aliphatic heterocycles. The van der Waals surface area contributed by atoms with E-state index in [9.17, 15) is 9.18 Å². The molecule has 0 saturated carbocycles. The lowest BCUT2D eigenvalue weighted by molar-refractivity contribution is -0.115. The Morgan fingerprint density at radius 2 is 2.37 bits per heavy atom. The first-order valence-corrected chi connectivity index (χ1v) is 6.42. The largest absolute Gasteiger partial charge is 0.361 e. The Hall–Kier alpha value is -2.28. The number of anilines is 1. The van der Waals surface area contributed by atoms with Crippen molar-refractivity contribution in [3.63, 3.8) is 0 Å². The van der Waals surface area contributed by atoms with Gasteiger partial charge in [-0.05, 0) is 23.8 Å². The van der Waals surface area contributed by atoms with Gasteiger partial charge in [-0.1, -0.05) is 11.3 Å². The van der Waals surface area contributed by atoms with Gasteiger partial charge < -0.3 is 10.3 Å². The summed E-state index contributed by atoms with van der Waals surface area (Å²) in [6, 6.07) is 4.44. The molecular weight excluding hydrogens is 267 g/mol. The zero-order valence-electron chi connectivity index (χ0n) is 9.68. The Kier molecular flexibility index (Phi) is 2.96. The minimum absolute atomic E-state index is 0.156. The highest BCUT2D eigenvalue weighted by atomic mass is 32.1. The molecule has 0 saturated heterocycles. The molecule has 0 unspecified atom stereocenters. The zero-order valence-corrected chi connectivity index (χ0v) is 10.5. The number of halogens is 1. The molecule has 1 amide bonds. The minimum atomic E-state index is -0.321. The van der Waals surface area contributed by atoms with Crippen LogP contribution in [0.3, 0.4) is 0 Å². The van der Waals surface area contributed by atoms with Crippen molar-refractivity contribution >= 4 is 33.3 Å². The van der Waals surface area contributed by atoms with Gasteiger partial charge in [0, 0.05) is 17.1 Å². The van der Waals surface area contributed by atoms with Crippen molar-refractivity contribution in [2.75, 3.05) is 5.32 Å². The van der Waals surface area contributed by atoms with E-state index >= 15 is 0 Å². The quantitative estimate of drug-likeness (QED) is 0.771. The number of carbonyl (C=O) groups excluding carboxylic acids is 1. The number of hydrogen-bond donors (Lipinski definition) is 2. The molecule has 3 aromatic rings. The molecule has 5 nitrogen and oxygen atoms in total. The van der Waals surface area contributed by atoms with Crippen LogP contribution < -0.4 is 5.32 Å². The van der Waals surface area contributed by atoms with Gasteiger partial charge in [-0.15, -0.1) is 10.2 Å². The molecule has 0 aliphatic rings. The molecule has 0 bridgehead atoms. The Morgan fingerprint density at radius 1 is 1.47 bits per heavy atom. The summed E-state index contributed by atoms with van der Waals surface area (Å²) in [6.45, 7) is 0. The minimum Gasteiger partial charge on any atom is -0.361 e. The topological polar surface area (TPSA) is 70.7 Å². The Morgan fingerprint density at radius 3 is 3.16 bits per heavy atom. The van der Waals surface area contributed by atoms with Crippen molar-refractivity contribution in [2.24, 2.45) is 0 Å². The second-order valence-corrected chi connectivity index (χ2v) is 4.81. The molecule has 2 heterocycles. The van der Waals surface area contributed by atoms with Crippen molar-refractivity contribution in [1.29, 1.82) is 0 Å². The fourth-order valence-electron chi connectivity index (χ4n) is 1.86. The first-order chi connectivity index (χ1) is 9.22. The molecule has 3 rings (SSSR count). The molecule has 0 spiro atoms. The lowest BCUT2D eigenvalue weighted by atomic mass is 10.1. The predicted octanol–water partition coefficient (Wildman–Crippen LogP) is 2.34. The summed E-state index contributed by atoms with van der Waals surface area (Å²) in [5, 5.41) is 11.2. The van der Waals surface area contributed by atoms with E-state index in [1.165, 1.54) is 29.0 Å². The van der Waals surface area contributed by atoms with E-state index < -0.39 is 0 Å². The van der Waals surface area contributed by atoms with Crippen LogP contribution in [0.15, 0.2) is 29.9 Å². The maximum absolute atomic E-state index is 13.2. The number of aromatic amines is 1. The third-order valence-corrected chi connectivity index (χ3v) is 3.29. The summed E-state index contributed by atoms with van der Waals surface area (Å²) >= 11 is 1.25. The number of amides is 1. The van der Waals surface area contributed by atoms with E-state index in [0.29, 0.717) is 10.5 Å². The summed E-state index contributed by atoms with van der Waals surface area (Å²) in [5.74, 6) is -0.528. The van der Waals surface area contributed by atoms with Gasteiger partial charge in [-0.25, -0.2) is 4.39 Å². The van der Waals surface area contributed by atoms with Crippen molar-refractivity contribution in [3.05, 3.63) is 41.3 Å². The van der Waals surface area contributed by atoms with Crippen LogP contribution >= 0.6 is 11.3 Å². The van der Waals surface area contributed by atoms with Gasteiger partial charge in [0.2, 0.25) is 11.0 Å². The maximum Gasteiger partial charge on any atom is 0.230 e. The van der Waals surface area contributed by atoms with E-state index in [-0.39, 0.29) is 18.1 Å². The molecule has 0 radical (unpaired) electrons. The van der Waals surface area contributed by atoms with Crippen LogP contribution in [-0.2, 0) is 11.2 Å². The molecule has 0 fully saturated rings. The van der Waals surface area contributed by atoms with E-state index in [0.717, 1.165) is 11.1 Å². The number of carbonyl (C=O) groups is 1. The Balaban J connectivity index is 1.81. The highest BCUT2D eigenvalue weighted by molar-refractivity contribution is 7.13. The lowest BCUT2D eigenvalue weighted by Crippen LogP contribution is -2.14. The van der Waals surface area contributed by atoms with Gasteiger partial charge in [-0.3, -0.25) is 4.79 Å². The van der Waals surface area contributed by atoms with Gasteiger partial charge >= 0.3 is 0 Å². The summed E-state index contributed by atoms with van der Waals surface area (Å²) in [6.07, 6.45) is 1.87. The van der Waals surface area contributed by atoms with Crippen LogP contribution in [-0.4, -0.2) is 21.1 Å². The van der Waals surface area contributed by atoms with Crippen molar-refractivity contribution in [2.45, 2.75) is 6.42 Å². The molecule has 7 heteroatoms. The van der Waals surface area contributed by atoms with E-state index in [1.807, 2.05) is 0 Å². The predicted molar refractivity (Wildman–Crippen MR) is 70.5 cm³/mol. The van der Waals surface area contributed by atoms with Crippen LogP contribution in [0.25, 0.3) is 10.9 Å². The number of rotatable bonds is 3. The highest BCUT2D eigenvalue weighted by Crippen LogP contribution is 2.20. The normalized spacial score (nSPS) is 10.8. The van der Waals surface area contributed by atoms with Crippen LogP contribution in [0.2, 0.25) is 0 Å². The molecule has 1 aromatic carbocycles. The first-order valence-electron chi connectivity index (χ1n) is 5.54. The van der Waals surface area contributed by atoms with Gasteiger partial charge in [0.1, 0.15) is 11.3 Å². The molecule has 2 aromatic heterocycles. The third-order valence-electron chi connectivity index (χ3n) is 2.69. The van der Waals surface area contributed by atoms with Crippen molar-refractivity contribution in [1.82, 2.24) is 15.2 Å². The first kappa shape index (κ1) is 11.8. The van der Waals surface area contributed by atoms with Crippen molar-refractivity contribution in [3.8, 4) is 0 Å². The average Bonchev–Trinajstić information content (AvgIpc) is 3.00. The van der Waals surface area contributed by atoms with Crippen LogP contribution in [0.4, 0.5) is 9.52 Å². The molecule has 2 N–H and O–H groups in total. The summed E-state index contributed by atoms with van der Waals surface area (Å²) in [4.78, 5) is 14.8. The monoisotopic (exact) mass is 276 g/mol. The fraction of sp³-hybridized carbons (Fsp3) is 0.0833. The summed E-state index contributed by atoms with van der Waals surface area (Å²) < 4.78 is 13.2. The number of H-pyrrole nitrogens is 1. The molecule has 0 aliphatic carbocycles. The molecule has 96 valence electrons. The van der Waals surface area contributed by atoms with Gasteiger partial charge in [0.05, 0.1) is 6.42 Å². The third kappa shape index (κ3) is 2.45.